The van der Waals surface area contributed by atoms with Crippen LogP contribution in [-0.2, 0) is 10.4 Å². The van der Waals surface area contributed by atoms with Gasteiger partial charge in [0.15, 0.2) is 0 Å². The van der Waals surface area contributed by atoms with Gasteiger partial charge in [0.2, 0.25) is 0 Å². The summed E-state index contributed by atoms with van der Waals surface area (Å²) in [5.74, 6) is 0.461. The van der Waals surface area contributed by atoms with Crippen LogP contribution in [0.3, 0.4) is 0 Å². The summed E-state index contributed by atoms with van der Waals surface area (Å²) in [6.45, 7) is 1.83. The molecule has 7 nitrogen and oxygen atoms in total. The van der Waals surface area contributed by atoms with Crippen LogP contribution < -0.4 is 16.4 Å². The average Bonchev–Trinajstić information content (AvgIpc) is 2.85. The lowest BCUT2D eigenvalue weighted by Gasteiger charge is -2.44. The first kappa shape index (κ1) is 27.9. The number of nitrogens with zero attached hydrogens (tertiary/aromatic N) is 1. The Balaban J connectivity index is 1.72. The highest BCUT2D eigenvalue weighted by Crippen LogP contribution is 2.40. The number of hydrogen-bond donors (Lipinski definition) is 4. The summed E-state index contributed by atoms with van der Waals surface area (Å²) in [4.78, 5) is 26.2. The molecule has 1 aliphatic heterocycles. The molecule has 3 rings (SSSR count). The number of hydrogen-bond acceptors (Lipinski definition) is 5. The van der Waals surface area contributed by atoms with Crippen molar-refractivity contribution < 1.29 is 14.7 Å². The lowest BCUT2D eigenvalue weighted by molar-refractivity contribution is -0.108. The lowest BCUT2D eigenvalue weighted by atomic mass is 9.73. The summed E-state index contributed by atoms with van der Waals surface area (Å²) >= 11 is 6.25. The molecule has 1 aromatic rings. The van der Waals surface area contributed by atoms with E-state index in [0.717, 1.165) is 32.1 Å². The SMILES string of the molecule is CNC[C@H](CC1CCCCC1)NC(=O)N1CCC[C@@H]([C@@](O)(CC(N)CC=O)c2cccc(Cl)c2)C1. The van der Waals surface area contributed by atoms with Gasteiger partial charge < -0.3 is 31.2 Å². The zero-order chi connectivity index (χ0) is 25.3. The molecule has 2 amide bonds. The van der Waals surface area contributed by atoms with Gasteiger partial charge in [0.25, 0.3) is 0 Å². The van der Waals surface area contributed by atoms with Crippen LogP contribution in [0.5, 0.6) is 0 Å². The summed E-state index contributed by atoms with van der Waals surface area (Å²) in [6, 6.07) is 6.74. The third kappa shape index (κ3) is 7.91. The molecule has 8 heteroatoms. The number of carbonyl (C=O) groups is 2. The molecule has 1 saturated heterocycles. The molecule has 4 atom stereocenters. The molecular weight excluding hydrogens is 464 g/mol. The third-order valence-electron chi connectivity index (χ3n) is 7.80. The molecule has 35 heavy (non-hydrogen) atoms. The Kier molecular flexibility index (Phi) is 10.8. The molecule has 0 radical (unpaired) electrons. The van der Waals surface area contributed by atoms with Gasteiger partial charge in [-0.25, -0.2) is 4.79 Å². The average molecular weight is 507 g/mol. The van der Waals surface area contributed by atoms with E-state index in [1.165, 1.54) is 32.1 Å². The lowest BCUT2D eigenvalue weighted by Crippen LogP contribution is -2.54. The predicted octanol–water partition coefficient (Wildman–Crippen LogP) is 3.81. The van der Waals surface area contributed by atoms with E-state index in [1.54, 1.807) is 12.1 Å². The monoisotopic (exact) mass is 506 g/mol. The number of amides is 2. The number of likely N-dealkylation sites (N-methyl/N-ethyl adjacent to an activating group) is 1. The highest BCUT2D eigenvalue weighted by Gasteiger charge is 2.42. The van der Waals surface area contributed by atoms with Gasteiger partial charge in [0.1, 0.15) is 6.29 Å². The van der Waals surface area contributed by atoms with Crippen LogP contribution in [0.15, 0.2) is 24.3 Å². The topological polar surface area (TPSA) is 108 Å². The maximum absolute atomic E-state index is 13.3. The van der Waals surface area contributed by atoms with Crippen LogP contribution in [0, 0.1) is 11.8 Å². The van der Waals surface area contributed by atoms with E-state index in [2.05, 4.69) is 10.6 Å². The Morgan fingerprint density at radius 2 is 2.06 bits per heavy atom. The number of benzene rings is 1. The number of aldehydes is 1. The number of likely N-dealkylation sites (tertiary alicyclic amines) is 1. The van der Waals surface area contributed by atoms with Gasteiger partial charge in [-0.05, 0) is 56.3 Å². The van der Waals surface area contributed by atoms with Crippen molar-refractivity contribution in [2.24, 2.45) is 17.6 Å². The van der Waals surface area contributed by atoms with Crippen LogP contribution in [0.1, 0.15) is 69.8 Å². The highest BCUT2D eigenvalue weighted by molar-refractivity contribution is 6.30. The van der Waals surface area contributed by atoms with Crippen molar-refractivity contribution in [3.8, 4) is 0 Å². The largest absolute Gasteiger partial charge is 0.385 e. The van der Waals surface area contributed by atoms with Gasteiger partial charge in [0, 0.05) is 49.1 Å². The first-order valence-corrected chi connectivity index (χ1v) is 13.6. The van der Waals surface area contributed by atoms with E-state index in [4.69, 9.17) is 17.3 Å². The van der Waals surface area contributed by atoms with Crippen molar-refractivity contribution in [3.05, 3.63) is 34.9 Å². The predicted molar refractivity (Wildman–Crippen MR) is 140 cm³/mol. The van der Waals surface area contributed by atoms with Crippen LogP contribution >= 0.6 is 11.6 Å². The Morgan fingerprint density at radius 3 is 2.74 bits per heavy atom. The van der Waals surface area contributed by atoms with Gasteiger partial charge in [0.05, 0.1) is 5.60 Å². The quantitative estimate of drug-likeness (QED) is 0.341. The summed E-state index contributed by atoms with van der Waals surface area (Å²) in [6.07, 6.45) is 10.1. The molecular formula is C27H43ClN4O3. The minimum atomic E-state index is -1.28. The minimum absolute atomic E-state index is 0.0728. The van der Waals surface area contributed by atoms with Crippen LogP contribution in [0.4, 0.5) is 4.79 Å². The number of aliphatic hydroxyl groups is 1. The van der Waals surface area contributed by atoms with Crippen molar-refractivity contribution in [2.75, 3.05) is 26.7 Å². The van der Waals surface area contributed by atoms with Crippen molar-refractivity contribution in [2.45, 2.75) is 81.9 Å². The molecule has 2 fully saturated rings. The fraction of sp³-hybridized carbons (Fsp3) is 0.704. The second kappa shape index (κ2) is 13.6. The molecule has 1 unspecified atom stereocenters. The summed E-state index contributed by atoms with van der Waals surface area (Å²) in [5, 5.41) is 19.0. The van der Waals surface area contributed by atoms with Gasteiger partial charge >= 0.3 is 6.03 Å². The molecule has 1 aliphatic carbocycles. The molecule has 2 aliphatic rings. The smallest absolute Gasteiger partial charge is 0.317 e. The van der Waals surface area contributed by atoms with Crippen molar-refractivity contribution >= 4 is 23.9 Å². The maximum atomic E-state index is 13.3. The molecule has 1 aromatic carbocycles. The molecule has 1 heterocycles. The van der Waals surface area contributed by atoms with E-state index in [9.17, 15) is 14.7 Å². The Bertz CT molecular complexity index is 819. The van der Waals surface area contributed by atoms with Crippen molar-refractivity contribution in [1.82, 2.24) is 15.5 Å². The number of nitrogens with two attached hydrogens (primary N) is 1. The molecule has 1 saturated carbocycles. The van der Waals surface area contributed by atoms with Crippen molar-refractivity contribution in [1.29, 1.82) is 0 Å². The Labute approximate surface area is 215 Å². The zero-order valence-corrected chi connectivity index (χ0v) is 21.8. The Morgan fingerprint density at radius 1 is 1.29 bits per heavy atom. The van der Waals surface area contributed by atoms with Gasteiger partial charge in [-0.1, -0.05) is 55.8 Å². The summed E-state index contributed by atoms with van der Waals surface area (Å²) in [5.41, 5.74) is 5.62. The second-order valence-electron chi connectivity index (χ2n) is 10.5. The number of halogens is 1. The van der Waals surface area contributed by atoms with Gasteiger partial charge in [-0.15, -0.1) is 0 Å². The number of piperidine rings is 1. The molecule has 5 N–H and O–H groups in total. The normalized spacial score (nSPS) is 22.7. The number of rotatable bonds is 11. The summed E-state index contributed by atoms with van der Waals surface area (Å²) in [7, 11) is 1.92. The minimum Gasteiger partial charge on any atom is -0.385 e. The number of carbonyl (C=O) groups excluding carboxylic acids is 2. The maximum Gasteiger partial charge on any atom is 0.317 e. The summed E-state index contributed by atoms with van der Waals surface area (Å²) < 4.78 is 0. The highest BCUT2D eigenvalue weighted by atomic mass is 35.5. The first-order valence-electron chi connectivity index (χ1n) is 13.2. The Hall–Kier alpha value is -1.67. The van der Waals surface area contributed by atoms with Crippen LogP contribution in [0.25, 0.3) is 0 Å². The van der Waals surface area contributed by atoms with Gasteiger partial charge in [-0.2, -0.15) is 0 Å². The zero-order valence-electron chi connectivity index (χ0n) is 21.1. The van der Waals surface area contributed by atoms with E-state index < -0.39 is 11.6 Å². The van der Waals surface area contributed by atoms with E-state index >= 15 is 0 Å². The third-order valence-corrected chi connectivity index (χ3v) is 8.04. The fourth-order valence-corrected chi connectivity index (χ4v) is 6.16. The fourth-order valence-electron chi connectivity index (χ4n) is 5.97. The molecule has 0 bridgehead atoms. The standard InChI is InChI=1S/C27H43ClN4O3/c1-30-18-25(15-20-7-3-2-4-8-20)31-26(34)32-13-6-10-22(19-32)27(35,17-24(29)12-14-33)21-9-5-11-23(28)16-21/h5,9,11,14,16,20,22,24-25,30,35H,2-4,6-8,10,12-13,15,17-19,29H2,1H3,(H,31,34)/t22-,24?,25+,27-/m1/s1. The first-order chi connectivity index (χ1) is 16.9. The van der Waals surface area contributed by atoms with Crippen molar-refractivity contribution in [3.63, 3.8) is 0 Å². The van der Waals surface area contributed by atoms with Gasteiger partial charge in [-0.3, -0.25) is 0 Å². The van der Waals surface area contributed by atoms with Crippen LogP contribution in [0.2, 0.25) is 5.02 Å². The van der Waals surface area contributed by atoms with E-state index in [1.807, 2.05) is 24.1 Å². The number of nitrogens with one attached hydrogen (secondary N) is 2. The molecule has 0 aromatic heterocycles. The molecule has 196 valence electrons. The van der Waals surface area contributed by atoms with Crippen LogP contribution in [-0.4, -0.2) is 61.1 Å². The van der Waals surface area contributed by atoms with E-state index in [0.29, 0.717) is 29.6 Å². The van der Waals surface area contributed by atoms with E-state index in [-0.39, 0.29) is 30.8 Å². The number of urea groups is 1. The molecule has 0 spiro atoms. The second-order valence-corrected chi connectivity index (χ2v) is 11.0.